The van der Waals surface area contributed by atoms with E-state index in [4.69, 9.17) is 31.2 Å². The van der Waals surface area contributed by atoms with Crippen LogP contribution in [-0.4, -0.2) is 53.0 Å². The third-order valence-electron chi connectivity index (χ3n) is 9.65. The summed E-state index contributed by atoms with van der Waals surface area (Å²) in [5.41, 5.74) is -4.38. The zero-order valence-corrected chi connectivity index (χ0v) is 32.6. The minimum atomic E-state index is -5.11. The van der Waals surface area contributed by atoms with Crippen molar-refractivity contribution in [3.05, 3.63) is 136 Å². The minimum Gasteiger partial charge on any atom is -0.423 e. The molecule has 0 saturated carbocycles. The van der Waals surface area contributed by atoms with Gasteiger partial charge in [0.25, 0.3) is 5.60 Å². The Hall–Kier alpha value is -4.86. The summed E-state index contributed by atoms with van der Waals surface area (Å²) >= 11 is 5.61. The van der Waals surface area contributed by atoms with Gasteiger partial charge in [-0.25, -0.2) is 26.3 Å². The van der Waals surface area contributed by atoms with Crippen molar-refractivity contribution in [1.82, 2.24) is 0 Å². The van der Waals surface area contributed by atoms with Crippen LogP contribution in [0.1, 0.15) is 67.5 Å². The quantitative estimate of drug-likeness (QED) is 0.0836. The first-order chi connectivity index (χ1) is 27.5. The SMILES string of the molecule is C=C(c1cc(F)c(F)c(F)c1)C(F)(F)F.CC1(C)OB(O)c2ccc(C(=N)Cl)cc21.CC1(C)OB(O)c2ccc(C3=NOC(c4cc(F)c(F)c(F)c4)(C(F)(F)F)C3)cc21.O. The van der Waals surface area contributed by atoms with Gasteiger partial charge in [-0.2, -0.15) is 26.3 Å². The molecule has 0 bridgehead atoms. The first kappa shape index (κ1) is 48.8. The highest BCUT2D eigenvalue weighted by atomic mass is 35.5. The van der Waals surface area contributed by atoms with Crippen molar-refractivity contribution >= 4 is 53.2 Å². The van der Waals surface area contributed by atoms with Crippen LogP contribution in [0.15, 0.2) is 72.4 Å². The van der Waals surface area contributed by atoms with Gasteiger partial charge in [-0.15, -0.1) is 0 Å². The second-order valence-corrected chi connectivity index (χ2v) is 14.9. The molecule has 326 valence electrons. The molecule has 3 aliphatic heterocycles. The Morgan fingerprint density at radius 3 is 1.61 bits per heavy atom. The van der Waals surface area contributed by atoms with E-state index in [1.807, 2.05) is 13.8 Å². The monoisotopic (exact) mass is 896 g/mol. The van der Waals surface area contributed by atoms with Gasteiger partial charge >= 0.3 is 26.6 Å². The van der Waals surface area contributed by atoms with Crippen molar-refractivity contribution < 1.29 is 82.4 Å². The predicted octanol–water partition coefficient (Wildman–Crippen LogP) is 7.70. The van der Waals surface area contributed by atoms with Crippen LogP contribution in [0.25, 0.3) is 5.57 Å². The lowest BCUT2D eigenvalue weighted by atomic mass is 9.77. The van der Waals surface area contributed by atoms with Gasteiger partial charge in [0.15, 0.2) is 34.9 Å². The summed E-state index contributed by atoms with van der Waals surface area (Å²) in [6, 6.07) is 10.7. The zero-order chi connectivity index (χ0) is 45.1. The van der Waals surface area contributed by atoms with E-state index in [2.05, 4.69) is 11.7 Å². The van der Waals surface area contributed by atoms with Crippen molar-refractivity contribution in [2.45, 2.75) is 63.3 Å². The van der Waals surface area contributed by atoms with E-state index >= 15 is 0 Å². The molecule has 3 aliphatic rings. The second-order valence-electron chi connectivity index (χ2n) is 14.5. The van der Waals surface area contributed by atoms with Crippen LogP contribution in [0, 0.1) is 40.3 Å². The highest BCUT2D eigenvalue weighted by molar-refractivity contribution is 6.69. The molecule has 0 amide bonds. The number of halogens is 13. The van der Waals surface area contributed by atoms with Gasteiger partial charge in [0, 0.05) is 17.5 Å². The van der Waals surface area contributed by atoms with Gasteiger partial charge in [-0.05, 0) is 97.3 Å². The van der Waals surface area contributed by atoms with E-state index in [9.17, 15) is 62.7 Å². The number of nitrogens with one attached hydrogen (secondary N) is 1. The lowest BCUT2D eigenvalue weighted by molar-refractivity contribution is -0.276. The molecule has 0 radical (unpaired) electrons. The fraction of sp³-hybridized carbons (Fsp3) is 0.263. The first-order valence-electron chi connectivity index (χ1n) is 17.1. The predicted molar refractivity (Wildman–Crippen MR) is 200 cm³/mol. The van der Waals surface area contributed by atoms with Crippen LogP contribution in [-0.2, 0) is 30.9 Å². The third kappa shape index (κ3) is 9.63. The van der Waals surface area contributed by atoms with Gasteiger partial charge < -0.3 is 29.7 Å². The fourth-order valence-corrected chi connectivity index (χ4v) is 6.57. The summed E-state index contributed by atoms with van der Waals surface area (Å²) in [6.07, 6.45) is -10.8. The molecule has 0 fully saturated rings. The van der Waals surface area contributed by atoms with Crippen LogP contribution < -0.4 is 10.9 Å². The maximum Gasteiger partial charge on any atom is 0.492 e. The number of allylic oxidation sites excluding steroid dienone is 1. The standard InChI is InChI=1S/C19H14BF6NO3.C10H11BClNO2.C9H4F6.H2O/c1-17(2)11-5-9(3-4-12(11)20(28)29-17)15-8-18(30-27-15,19(24,25)26)10-6-13(21)16(23)14(22)7-10;1-10(2)7-5-6(9(12)13)3-4-8(7)11(14)15-10;1-4(9(13,14)15)5-2-6(10)8(12)7(11)3-5;/h3-7,28H,8H2,1-2H3;3-5,13-14H,1-2H3;2-3H,1H2;1H2. The van der Waals surface area contributed by atoms with E-state index in [0.29, 0.717) is 16.6 Å². The molecule has 1 unspecified atom stereocenters. The zero-order valence-electron chi connectivity index (χ0n) is 31.8. The van der Waals surface area contributed by atoms with E-state index in [0.717, 1.165) is 11.0 Å². The van der Waals surface area contributed by atoms with Gasteiger partial charge in [-0.3, -0.25) is 5.41 Å². The summed E-state index contributed by atoms with van der Waals surface area (Å²) in [5.74, 6) is -10.6. The van der Waals surface area contributed by atoms with Crippen LogP contribution in [0.3, 0.4) is 0 Å². The number of nitrogens with zero attached hydrogens (tertiary/aromatic N) is 1. The topological polar surface area (TPSA) is 136 Å². The Morgan fingerprint density at radius 1 is 0.721 bits per heavy atom. The fourth-order valence-electron chi connectivity index (χ4n) is 6.45. The molecule has 7 rings (SSSR count). The van der Waals surface area contributed by atoms with Crippen molar-refractivity contribution in [3.8, 4) is 0 Å². The maximum atomic E-state index is 14.0. The summed E-state index contributed by atoms with van der Waals surface area (Å²) in [7, 11) is -2.06. The molecule has 0 saturated heterocycles. The van der Waals surface area contributed by atoms with Gasteiger partial charge in [0.1, 0.15) is 5.17 Å². The van der Waals surface area contributed by atoms with E-state index < -0.39 is 101 Å². The molecule has 61 heavy (non-hydrogen) atoms. The largest absolute Gasteiger partial charge is 0.492 e. The molecule has 0 spiro atoms. The molecule has 0 aliphatic carbocycles. The lowest BCUT2D eigenvalue weighted by Crippen LogP contribution is -2.43. The second kappa shape index (κ2) is 17.1. The molecular weight excluding hydrogens is 865 g/mol. The highest BCUT2D eigenvalue weighted by Gasteiger charge is 2.63. The average molecular weight is 897 g/mol. The van der Waals surface area contributed by atoms with Crippen LogP contribution in [0.4, 0.5) is 52.7 Å². The highest BCUT2D eigenvalue weighted by Crippen LogP contribution is 2.49. The number of alkyl halides is 6. The molecule has 4 aromatic carbocycles. The Kier molecular flexibility index (Phi) is 13.7. The van der Waals surface area contributed by atoms with Gasteiger partial charge in [-0.1, -0.05) is 47.6 Å². The maximum absolute atomic E-state index is 14.0. The Morgan fingerprint density at radius 2 is 1.16 bits per heavy atom. The van der Waals surface area contributed by atoms with Crippen molar-refractivity contribution in [3.63, 3.8) is 0 Å². The molecule has 5 N–H and O–H groups in total. The van der Waals surface area contributed by atoms with Gasteiger partial charge in [0.2, 0.25) is 0 Å². The molecule has 4 aromatic rings. The number of benzene rings is 4. The summed E-state index contributed by atoms with van der Waals surface area (Å²) in [5, 5.41) is 30.5. The van der Waals surface area contributed by atoms with E-state index in [1.54, 1.807) is 32.0 Å². The van der Waals surface area contributed by atoms with Crippen molar-refractivity contribution in [2.75, 3.05) is 0 Å². The molecular formula is C38H31B2ClF12N2O6. The van der Waals surface area contributed by atoms with E-state index in [1.165, 1.54) is 18.2 Å². The Balaban J connectivity index is 0.000000223. The van der Waals surface area contributed by atoms with Crippen molar-refractivity contribution in [2.24, 2.45) is 5.16 Å². The molecule has 3 heterocycles. The van der Waals surface area contributed by atoms with Crippen molar-refractivity contribution in [1.29, 1.82) is 5.41 Å². The number of fused-ring (bicyclic) bond motifs is 2. The average Bonchev–Trinajstić information content (AvgIpc) is 3.78. The number of oxime groups is 1. The third-order valence-corrected chi connectivity index (χ3v) is 9.86. The van der Waals surface area contributed by atoms with Crippen LogP contribution in [0.2, 0.25) is 0 Å². The summed E-state index contributed by atoms with van der Waals surface area (Å²) < 4.78 is 167. The first-order valence-corrected chi connectivity index (χ1v) is 17.5. The van der Waals surface area contributed by atoms with Gasteiger partial charge in [0.05, 0.1) is 22.5 Å². The molecule has 23 heteroatoms. The smallest absolute Gasteiger partial charge is 0.423 e. The minimum absolute atomic E-state index is 0. The molecule has 1 atom stereocenters. The Labute approximate surface area is 344 Å². The summed E-state index contributed by atoms with van der Waals surface area (Å²) in [6.45, 7) is 9.75. The number of rotatable bonds is 4. The lowest BCUT2D eigenvalue weighted by Gasteiger charge is -2.29. The number of hydrogen-bond donors (Lipinski definition) is 3. The molecule has 0 aromatic heterocycles. The molecule has 8 nitrogen and oxygen atoms in total. The summed E-state index contributed by atoms with van der Waals surface area (Å²) in [4.78, 5) is 4.73. The Bertz CT molecular complexity index is 2370. The van der Waals surface area contributed by atoms with E-state index in [-0.39, 0.29) is 46.2 Å². The van der Waals surface area contributed by atoms with Crippen LogP contribution >= 0.6 is 11.6 Å². The number of hydrogen-bond acceptors (Lipinski definition) is 7. The van der Waals surface area contributed by atoms with Crippen LogP contribution in [0.5, 0.6) is 0 Å². The normalized spacial score (nSPS) is 18.4.